The minimum atomic E-state index is -0.0297. The average Bonchev–Trinajstić information content (AvgIpc) is 2.38. The highest BCUT2D eigenvalue weighted by atomic mass is 16.5. The van der Waals surface area contributed by atoms with E-state index in [9.17, 15) is 4.79 Å². The Morgan fingerprint density at radius 2 is 2.41 bits per heavy atom. The SMILES string of the molecule is COc1cccc(C(=O)N2CCNC[C@H]2C)n1. The second kappa shape index (κ2) is 5.14. The molecule has 0 aliphatic carbocycles. The van der Waals surface area contributed by atoms with Crippen molar-refractivity contribution in [2.45, 2.75) is 13.0 Å². The van der Waals surface area contributed by atoms with Gasteiger partial charge in [0.05, 0.1) is 7.11 Å². The molecule has 1 aliphatic heterocycles. The number of carbonyl (C=O) groups is 1. The third-order valence-electron chi connectivity index (χ3n) is 2.91. The number of carbonyl (C=O) groups excluding carboxylic acids is 1. The number of nitrogens with zero attached hydrogens (tertiary/aromatic N) is 2. The maximum atomic E-state index is 12.3. The van der Waals surface area contributed by atoms with E-state index in [1.165, 1.54) is 0 Å². The van der Waals surface area contributed by atoms with Gasteiger partial charge in [-0.25, -0.2) is 4.98 Å². The Kier molecular flexibility index (Phi) is 3.58. The molecule has 0 spiro atoms. The predicted octanol–water partition coefficient (Wildman–Crippen LogP) is 0.524. The molecule has 5 heteroatoms. The van der Waals surface area contributed by atoms with Crippen LogP contribution in [0.25, 0.3) is 0 Å². The first-order chi connectivity index (χ1) is 8.22. The van der Waals surface area contributed by atoms with Crippen molar-refractivity contribution in [1.29, 1.82) is 0 Å². The highest BCUT2D eigenvalue weighted by molar-refractivity contribution is 5.92. The molecule has 1 atom stereocenters. The van der Waals surface area contributed by atoms with Gasteiger partial charge in [0.15, 0.2) is 0 Å². The number of pyridine rings is 1. The lowest BCUT2D eigenvalue weighted by Gasteiger charge is -2.33. The number of piperazine rings is 1. The van der Waals surface area contributed by atoms with E-state index >= 15 is 0 Å². The van der Waals surface area contributed by atoms with Crippen LogP contribution in [0.1, 0.15) is 17.4 Å². The Labute approximate surface area is 101 Å². The van der Waals surface area contributed by atoms with Gasteiger partial charge in [0.25, 0.3) is 5.91 Å². The first kappa shape index (κ1) is 11.9. The second-order valence-corrected chi connectivity index (χ2v) is 4.12. The second-order valence-electron chi connectivity index (χ2n) is 4.12. The molecule has 0 radical (unpaired) electrons. The summed E-state index contributed by atoms with van der Waals surface area (Å²) in [5, 5.41) is 3.25. The molecule has 1 saturated heterocycles. The van der Waals surface area contributed by atoms with Crippen molar-refractivity contribution < 1.29 is 9.53 Å². The molecule has 0 saturated carbocycles. The zero-order valence-corrected chi connectivity index (χ0v) is 10.1. The summed E-state index contributed by atoms with van der Waals surface area (Å²) in [6.45, 7) is 4.42. The summed E-state index contributed by atoms with van der Waals surface area (Å²) in [4.78, 5) is 18.3. The van der Waals surface area contributed by atoms with Crippen molar-refractivity contribution >= 4 is 5.91 Å². The zero-order chi connectivity index (χ0) is 12.3. The number of aromatic nitrogens is 1. The van der Waals surface area contributed by atoms with Crippen LogP contribution >= 0.6 is 0 Å². The van der Waals surface area contributed by atoms with E-state index in [1.54, 1.807) is 25.3 Å². The van der Waals surface area contributed by atoms with E-state index in [1.807, 2.05) is 11.8 Å². The standard InChI is InChI=1S/C12H17N3O2/c1-9-8-13-6-7-15(9)12(16)10-4-3-5-11(14-10)17-2/h3-5,9,13H,6-8H2,1-2H3/t9-/m1/s1. The number of rotatable bonds is 2. The Morgan fingerprint density at radius 3 is 3.12 bits per heavy atom. The molecular weight excluding hydrogens is 218 g/mol. The molecule has 1 aromatic heterocycles. The van der Waals surface area contributed by atoms with E-state index in [4.69, 9.17) is 4.74 Å². The maximum Gasteiger partial charge on any atom is 0.272 e. The van der Waals surface area contributed by atoms with Gasteiger partial charge in [-0.15, -0.1) is 0 Å². The fourth-order valence-electron chi connectivity index (χ4n) is 1.94. The van der Waals surface area contributed by atoms with Crippen LogP contribution in [0.2, 0.25) is 0 Å². The Balaban J connectivity index is 2.17. The highest BCUT2D eigenvalue weighted by Gasteiger charge is 2.24. The van der Waals surface area contributed by atoms with Gasteiger partial charge in [0, 0.05) is 31.7 Å². The molecule has 2 heterocycles. The number of hydrogen-bond donors (Lipinski definition) is 1. The Bertz CT molecular complexity index is 408. The van der Waals surface area contributed by atoms with Crippen LogP contribution in [0.15, 0.2) is 18.2 Å². The molecule has 0 unspecified atom stereocenters. The molecule has 1 N–H and O–H groups in total. The fourth-order valence-corrected chi connectivity index (χ4v) is 1.94. The molecule has 92 valence electrons. The van der Waals surface area contributed by atoms with Crippen LogP contribution in [0.4, 0.5) is 0 Å². The molecular formula is C12H17N3O2. The first-order valence-corrected chi connectivity index (χ1v) is 5.75. The van der Waals surface area contributed by atoms with Crippen molar-refractivity contribution in [2.75, 3.05) is 26.7 Å². The van der Waals surface area contributed by atoms with Gasteiger partial charge in [-0.1, -0.05) is 6.07 Å². The van der Waals surface area contributed by atoms with Gasteiger partial charge in [0.2, 0.25) is 5.88 Å². The van der Waals surface area contributed by atoms with E-state index < -0.39 is 0 Å². The van der Waals surface area contributed by atoms with Crippen LogP contribution in [-0.2, 0) is 0 Å². The minimum Gasteiger partial charge on any atom is -0.481 e. The van der Waals surface area contributed by atoms with Crippen molar-refractivity contribution in [2.24, 2.45) is 0 Å². The molecule has 1 aromatic rings. The van der Waals surface area contributed by atoms with Crippen LogP contribution in [0.3, 0.4) is 0 Å². The molecule has 1 amide bonds. The van der Waals surface area contributed by atoms with E-state index in [0.717, 1.165) is 19.6 Å². The summed E-state index contributed by atoms with van der Waals surface area (Å²) < 4.78 is 5.02. The Morgan fingerprint density at radius 1 is 1.59 bits per heavy atom. The topological polar surface area (TPSA) is 54.5 Å². The summed E-state index contributed by atoms with van der Waals surface area (Å²) in [5.74, 6) is 0.441. The number of nitrogens with one attached hydrogen (secondary N) is 1. The molecule has 0 aromatic carbocycles. The van der Waals surface area contributed by atoms with Gasteiger partial charge in [0.1, 0.15) is 5.69 Å². The molecule has 0 bridgehead atoms. The fraction of sp³-hybridized carbons (Fsp3) is 0.500. The van der Waals surface area contributed by atoms with E-state index in [-0.39, 0.29) is 11.9 Å². The van der Waals surface area contributed by atoms with Gasteiger partial charge in [-0.3, -0.25) is 4.79 Å². The maximum absolute atomic E-state index is 12.3. The van der Waals surface area contributed by atoms with Crippen molar-refractivity contribution in [3.05, 3.63) is 23.9 Å². The van der Waals surface area contributed by atoms with Crippen molar-refractivity contribution in [3.8, 4) is 5.88 Å². The van der Waals surface area contributed by atoms with Gasteiger partial charge in [-0.2, -0.15) is 0 Å². The molecule has 5 nitrogen and oxygen atoms in total. The Hall–Kier alpha value is -1.62. The minimum absolute atomic E-state index is 0.0297. The van der Waals surface area contributed by atoms with Crippen LogP contribution in [-0.4, -0.2) is 48.6 Å². The summed E-state index contributed by atoms with van der Waals surface area (Å²) >= 11 is 0. The molecule has 2 rings (SSSR count). The molecule has 1 fully saturated rings. The monoisotopic (exact) mass is 235 g/mol. The first-order valence-electron chi connectivity index (χ1n) is 5.75. The smallest absolute Gasteiger partial charge is 0.272 e. The predicted molar refractivity (Wildman–Crippen MR) is 64.2 cm³/mol. The van der Waals surface area contributed by atoms with Crippen molar-refractivity contribution in [1.82, 2.24) is 15.2 Å². The van der Waals surface area contributed by atoms with Gasteiger partial charge in [-0.05, 0) is 13.0 Å². The number of methoxy groups -OCH3 is 1. The van der Waals surface area contributed by atoms with Crippen molar-refractivity contribution in [3.63, 3.8) is 0 Å². The molecule has 17 heavy (non-hydrogen) atoms. The number of hydrogen-bond acceptors (Lipinski definition) is 4. The van der Waals surface area contributed by atoms with E-state index in [0.29, 0.717) is 11.6 Å². The van der Waals surface area contributed by atoms with Gasteiger partial charge >= 0.3 is 0 Å². The van der Waals surface area contributed by atoms with Crippen LogP contribution < -0.4 is 10.1 Å². The lowest BCUT2D eigenvalue weighted by atomic mass is 10.2. The lowest BCUT2D eigenvalue weighted by molar-refractivity contribution is 0.0649. The third-order valence-corrected chi connectivity index (χ3v) is 2.91. The largest absolute Gasteiger partial charge is 0.481 e. The molecule has 1 aliphatic rings. The number of ether oxygens (including phenoxy) is 1. The number of amides is 1. The van der Waals surface area contributed by atoms with E-state index in [2.05, 4.69) is 10.3 Å². The quantitative estimate of drug-likeness (QED) is 0.812. The highest BCUT2D eigenvalue weighted by Crippen LogP contribution is 2.12. The normalized spacial score (nSPS) is 20.1. The summed E-state index contributed by atoms with van der Waals surface area (Å²) in [7, 11) is 1.55. The third kappa shape index (κ3) is 2.55. The lowest BCUT2D eigenvalue weighted by Crippen LogP contribution is -2.52. The summed E-state index contributed by atoms with van der Waals surface area (Å²) in [5.41, 5.74) is 0.443. The average molecular weight is 235 g/mol. The van der Waals surface area contributed by atoms with Gasteiger partial charge < -0.3 is 15.0 Å². The van der Waals surface area contributed by atoms with Crippen LogP contribution in [0.5, 0.6) is 5.88 Å². The van der Waals surface area contributed by atoms with Crippen LogP contribution in [0, 0.1) is 0 Å². The summed E-state index contributed by atoms with van der Waals surface area (Å²) in [6, 6.07) is 5.44. The zero-order valence-electron chi connectivity index (χ0n) is 10.1. The summed E-state index contributed by atoms with van der Waals surface area (Å²) in [6.07, 6.45) is 0.